The maximum atomic E-state index is 12.2. The van der Waals surface area contributed by atoms with Crippen molar-refractivity contribution in [2.24, 2.45) is 0 Å². The first kappa shape index (κ1) is 18.5. The Labute approximate surface area is 161 Å². The van der Waals surface area contributed by atoms with Gasteiger partial charge in [-0.3, -0.25) is 14.5 Å². The Morgan fingerprint density at radius 2 is 1.85 bits per heavy atom. The first-order chi connectivity index (χ1) is 12.6. The summed E-state index contributed by atoms with van der Waals surface area (Å²) in [5, 5.41) is 0.467. The van der Waals surface area contributed by atoms with Gasteiger partial charge in [0.25, 0.3) is 11.1 Å². The second-order valence-electron chi connectivity index (χ2n) is 5.78. The fourth-order valence-corrected chi connectivity index (χ4v) is 3.56. The molecule has 0 bridgehead atoms. The van der Waals surface area contributed by atoms with Crippen LogP contribution in [0, 0.1) is 0 Å². The molecule has 0 aromatic heterocycles. The molecule has 6 heteroatoms. The standard InChI is InChI=1S/C20H18ClNO3S/c1-2-11-22-19(23)18(26-20(22)24)12-14-7-9-16(10-8-14)25-13-15-5-3-4-6-17(15)21/h3-10,12H,2,11,13H2,1H3/b18-12+. The number of amides is 2. The number of imide groups is 1. The van der Waals surface area contributed by atoms with Gasteiger partial charge in [-0.05, 0) is 48.0 Å². The zero-order valence-corrected chi connectivity index (χ0v) is 15.8. The lowest BCUT2D eigenvalue weighted by atomic mass is 10.2. The molecule has 0 N–H and O–H groups in total. The average molecular weight is 388 g/mol. The number of ether oxygens (including phenoxy) is 1. The van der Waals surface area contributed by atoms with Crippen molar-refractivity contribution >= 4 is 40.6 Å². The molecule has 2 aromatic rings. The van der Waals surface area contributed by atoms with Crippen LogP contribution in [0.4, 0.5) is 4.79 Å². The van der Waals surface area contributed by atoms with E-state index in [0.29, 0.717) is 28.8 Å². The molecule has 1 aliphatic heterocycles. The predicted molar refractivity (Wildman–Crippen MR) is 105 cm³/mol. The van der Waals surface area contributed by atoms with Gasteiger partial charge in [0.2, 0.25) is 0 Å². The van der Waals surface area contributed by atoms with Crippen molar-refractivity contribution in [2.75, 3.05) is 6.54 Å². The van der Waals surface area contributed by atoms with Gasteiger partial charge in [-0.2, -0.15) is 0 Å². The van der Waals surface area contributed by atoms with Crippen molar-refractivity contribution in [1.29, 1.82) is 0 Å². The van der Waals surface area contributed by atoms with Gasteiger partial charge < -0.3 is 4.74 Å². The monoisotopic (exact) mass is 387 g/mol. The van der Waals surface area contributed by atoms with Gasteiger partial charge in [-0.15, -0.1) is 0 Å². The summed E-state index contributed by atoms with van der Waals surface area (Å²) in [6.45, 7) is 2.78. The van der Waals surface area contributed by atoms with E-state index in [9.17, 15) is 9.59 Å². The van der Waals surface area contributed by atoms with Gasteiger partial charge in [0, 0.05) is 17.1 Å². The van der Waals surface area contributed by atoms with Crippen LogP contribution in [0.15, 0.2) is 53.4 Å². The van der Waals surface area contributed by atoms with Crippen LogP contribution in [0.25, 0.3) is 6.08 Å². The third-order valence-corrected chi connectivity index (χ3v) is 5.13. The van der Waals surface area contributed by atoms with E-state index in [4.69, 9.17) is 16.3 Å². The molecule has 1 heterocycles. The summed E-state index contributed by atoms with van der Waals surface area (Å²) in [5.41, 5.74) is 1.76. The number of carbonyl (C=O) groups is 2. The molecule has 1 fully saturated rings. The zero-order valence-electron chi connectivity index (χ0n) is 14.3. The van der Waals surface area contributed by atoms with Crippen LogP contribution in [0.5, 0.6) is 5.75 Å². The van der Waals surface area contributed by atoms with E-state index in [1.165, 1.54) is 4.90 Å². The SMILES string of the molecule is CCCN1C(=O)S/C(=C/c2ccc(OCc3ccccc3Cl)cc2)C1=O. The number of thioether (sulfide) groups is 1. The van der Waals surface area contributed by atoms with Gasteiger partial charge in [-0.25, -0.2) is 0 Å². The normalized spacial score (nSPS) is 15.8. The summed E-state index contributed by atoms with van der Waals surface area (Å²) in [4.78, 5) is 25.9. The molecule has 0 radical (unpaired) electrons. The minimum Gasteiger partial charge on any atom is -0.489 e. The Bertz CT molecular complexity index is 848. The van der Waals surface area contributed by atoms with Gasteiger partial charge in [0.05, 0.1) is 4.91 Å². The molecule has 1 saturated heterocycles. The molecule has 0 atom stereocenters. The number of nitrogens with zero attached hydrogens (tertiary/aromatic N) is 1. The lowest BCUT2D eigenvalue weighted by Crippen LogP contribution is -2.28. The number of hydrogen-bond donors (Lipinski definition) is 0. The van der Waals surface area contributed by atoms with Crippen LogP contribution in [-0.2, 0) is 11.4 Å². The van der Waals surface area contributed by atoms with E-state index in [1.807, 2.05) is 55.5 Å². The van der Waals surface area contributed by atoms with Crippen molar-refractivity contribution in [3.05, 3.63) is 69.6 Å². The fraction of sp³-hybridized carbons (Fsp3) is 0.200. The predicted octanol–water partition coefficient (Wildman–Crippen LogP) is 5.37. The fourth-order valence-electron chi connectivity index (χ4n) is 2.50. The second kappa shape index (κ2) is 8.43. The van der Waals surface area contributed by atoms with Crippen LogP contribution in [0.3, 0.4) is 0 Å². The summed E-state index contributed by atoms with van der Waals surface area (Å²) in [7, 11) is 0. The Morgan fingerprint density at radius 3 is 2.54 bits per heavy atom. The Morgan fingerprint density at radius 1 is 1.12 bits per heavy atom. The number of carbonyl (C=O) groups excluding carboxylic acids is 2. The number of rotatable bonds is 6. The molecule has 2 amide bonds. The first-order valence-corrected chi connectivity index (χ1v) is 9.49. The third kappa shape index (κ3) is 4.29. The quantitative estimate of drug-likeness (QED) is 0.625. The lowest BCUT2D eigenvalue weighted by molar-refractivity contribution is -0.122. The Hall–Kier alpha value is -2.24. The summed E-state index contributed by atoms with van der Waals surface area (Å²) in [6, 6.07) is 14.9. The molecule has 0 unspecified atom stereocenters. The molecule has 1 aliphatic rings. The van der Waals surface area contributed by atoms with E-state index in [-0.39, 0.29) is 11.1 Å². The molecule has 2 aromatic carbocycles. The minimum absolute atomic E-state index is 0.206. The van der Waals surface area contributed by atoms with Crippen LogP contribution in [-0.4, -0.2) is 22.6 Å². The van der Waals surface area contributed by atoms with Crippen molar-refractivity contribution in [3.63, 3.8) is 0 Å². The highest BCUT2D eigenvalue weighted by atomic mass is 35.5. The lowest BCUT2D eigenvalue weighted by Gasteiger charge is -2.09. The topological polar surface area (TPSA) is 46.6 Å². The van der Waals surface area contributed by atoms with Crippen molar-refractivity contribution in [2.45, 2.75) is 20.0 Å². The molecule has 3 rings (SSSR count). The van der Waals surface area contributed by atoms with E-state index in [0.717, 1.165) is 29.3 Å². The van der Waals surface area contributed by atoms with Gasteiger partial charge in [0.15, 0.2) is 0 Å². The highest BCUT2D eigenvalue weighted by Crippen LogP contribution is 2.32. The van der Waals surface area contributed by atoms with Gasteiger partial charge >= 0.3 is 0 Å². The van der Waals surface area contributed by atoms with E-state index >= 15 is 0 Å². The van der Waals surface area contributed by atoms with Crippen molar-refractivity contribution < 1.29 is 14.3 Å². The number of benzene rings is 2. The van der Waals surface area contributed by atoms with Crippen LogP contribution in [0.1, 0.15) is 24.5 Å². The number of halogens is 1. The van der Waals surface area contributed by atoms with E-state index in [2.05, 4.69) is 0 Å². The molecule has 0 saturated carbocycles. The average Bonchev–Trinajstić information content (AvgIpc) is 2.90. The summed E-state index contributed by atoms with van der Waals surface area (Å²) in [6.07, 6.45) is 2.49. The number of hydrogen-bond acceptors (Lipinski definition) is 4. The van der Waals surface area contributed by atoms with Crippen LogP contribution in [0.2, 0.25) is 5.02 Å². The molecule has 0 aliphatic carbocycles. The smallest absolute Gasteiger partial charge is 0.293 e. The molecular weight excluding hydrogens is 370 g/mol. The largest absolute Gasteiger partial charge is 0.489 e. The molecular formula is C20H18ClNO3S. The van der Waals surface area contributed by atoms with E-state index in [1.54, 1.807) is 6.08 Å². The highest BCUT2D eigenvalue weighted by molar-refractivity contribution is 8.18. The van der Waals surface area contributed by atoms with Crippen molar-refractivity contribution in [3.8, 4) is 5.75 Å². The molecule has 134 valence electrons. The summed E-state index contributed by atoms with van der Waals surface area (Å²) >= 11 is 7.10. The zero-order chi connectivity index (χ0) is 18.5. The Balaban J connectivity index is 1.65. The maximum absolute atomic E-state index is 12.2. The second-order valence-corrected chi connectivity index (χ2v) is 7.18. The molecule has 26 heavy (non-hydrogen) atoms. The maximum Gasteiger partial charge on any atom is 0.293 e. The summed E-state index contributed by atoms with van der Waals surface area (Å²) in [5.74, 6) is 0.488. The molecule has 4 nitrogen and oxygen atoms in total. The van der Waals surface area contributed by atoms with Gasteiger partial charge in [-0.1, -0.05) is 48.9 Å². The highest BCUT2D eigenvalue weighted by Gasteiger charge is 2.34. The van der Waals surface area contributed by atoms with Crippen molar-refractivity contribution in [1.82, 2.24) is 4.90 Å². The molecule has 0 spiro atoms. The van der Waals surface area contributed by atoms with Gasteiger partial charge in [0.1, 0.15) is 12.4 Å². The summed E-state index contributed by atoms with van der Waals surface area (Å²) < 4.78 is 5.75. The first-order valence-electron chi connectivity index (χ1n) is 8.30. The third-order valence-electron chi connectivity index (χ3n) is 3.85. The van der Waals surface area contributed by atoms with Crippen LogP contribution >= 0.6 is 23.4 Å². The Kier molecular flexibility index (Phi) is 6.01. The minimum atomic E-state index is -0.221. The van der Waals surface area contributed by atoms with Crippen LogP contribution < -0.4 is 4.74 Å². The van der Waals surface area contributed by atoms with E-state index < -0.39 is 0 Å².